The summed E-state index contributed by atoms with van der Waals surface area (Å²) in [6, 6.07) is 0. The van der Waals surface area contributed by atoms with Crippen LogP contribution in [0.1, 0.15) is 6.23 Å². The van der Waals surface area contributed by atoms with Gasteiger partial charge in [-0.15, -0.1) is 0 Å². The average molecular weight is 547 g/mol. The molecule has 0 aromatic carbocycles. The number of nitrogen functional groups attached to an aromatic ring is 1. The molecule has 0 amide bonds. The van der Waals surface area contributed by atoms with Gasteiger partial charge in [0.25, 0.3) is 7.47 Å². The smallest absolute Gasteiger partial charge is 0.387 e. The first-order valence-electron chi connectivity index (χ1n) is 8.52. The molecule has 22 heteroatoms. The zero-order chi connectivity index (χ0) is 24.8. The van der Waals surface area contributed by atoms with Crippen molar-refractivity contribution in [2.24, 2.45) is 0 Å². The lowest BCUT2D eigenvalue weighted by Gasteiger charge is -2.21. The topological polar surface area (TPSA) is 259 Å². The highest BCUT2D eigenvalue weighted by molar-refractivity contribution is 7.98. The maximum absolute atomic E-state index is 12.1. The molecule has 2 aromatic rings. The average Bonchev–Trinajstić information content (AvgIpc) is 3.19. The van der Waals surface area contributed by atoms with Crippen LogP contribution in [0.5, 0.6) is 0 Å². The highest BCUT2D eigenvalue weighted by Gasteiger charge is 2.46. The monoisotopic (exact) mass is 547 g/mol. The molecule has 182 valence electrons. The van der Waals surface area contributed by atoms with E-state index in [1.54, 1.807) is 6.26 Å². The number of nitrogens with zero attached hydrogens (tertiary/aromatic N) is 4. The lowest BCUT2D eigenvalue weighted by molar-refractivity contribution is -0.0479. The number of ether oxygens (including phenoxy) is 1. The van der Waals surface area contributed by atoms with E-state index in [2.05, 4.69) is 28.1 Å². The Morgan fingerprint density at radius 1 is 1.21 bits per heavy atom. The SMILES string of the molecule is [B]P(=O)(OC[C@H]1O[C@@H](n2cnc3c(N)nc(SC)nc32)[C@H](O)[C@@H]1O)OP(=O)(O)OP(=O)(O)O. The van der Waals surface area contributed by atoms with Crippen molar-refractivity contribution in [1.29, 1.82) is 0 Å². The van der Waals surface area contributed by atoms with Crippen molar-refractivity contribution < 1.29 is 56.5 Å². The lowest BCUT2D eigenvalue weighted by Crippen LogP contribution is -2.33. The van der Waals surface area contributed by atoms with Crippen LogP contribution in [0, 0.1) is 0 Å². The summed E-state index contributed by atoms with van der Waals surface area (Å²) in [5.74, 6) is 0.0724. The number of fused-ring (bicyclic) bond motifs is 1. The highest BCUT2D eigenvalue weighted by atomic mass is 32.2. The minimum Gasteiger partial charge on any atom is -0.387 e. The van der Waals surface area contributed by atoms with E-state index in [0.29, 0.717) is 5.16 Å². The van der Waals surface area contributed by atoms with E-state index in [1.165, 1.54) is 22.7 Å². The zero-order valence-electron chi connectivity index (χ0n) is 16.4. The predicted molar refractivity (Wildman–Crippen MR) is 111 cm³/mol. The van der Waals surface area contributed by atoms with Crippen LogP contribution in [0.2, 0.25) is 0 Å². The molecule has 2 unspecified atom stereocenters. The normalized spacial score (nSPS) is 27.5. The number of phosphoric acid groups is 2. The van der Waals surface area contributed by atoms with E-state index in [1.807, 2.05) is 0 Å². The van der Waals surface area contributed by atoms with Gasteiger partial charge < -0.3 is 39.9 Å². The summed E-state index contributed by atoms with van der Waals surface area (Å²) in [6.45, 7) is -0.835. The first kappa shape index (κ1) is 26.7. The molecule has 0 spiro atoms. The van der Waals surface area contributed by atoms with Crippen molar-refractivity contribution in [1.82, 2.24) is 19.5 Å². The molecule has 1 fully saturated rings. The Morgan fingerprint density at radius 2 is 1.88 bits per heavy atom. The summed E-state index contributed by atoms with van der Waals surface area (Å²) >= 11 is 1.20. The van der Waals surface area contributed by atoms with E-state index in [4.69, 9.17) is 27.8 Å². The minimum absolute atomic E-state index is 0.0724. The number of thioether (sulfide) groups is 1. The number of nitrogens with two attached hydrogens (primary N) is 1. The van der Waals surface area contributed by atoms with E-state index >= 15 is 0 Å². The van der Waals surface area contributed by atoms with Gasteiger partial charge in [0.1, 0.15) is 23.8 Å². The zero-order valence-corrected chi connectivity index (χ0v) is 19.9. The molecule has 0 bridgehead atoms. The van der Waals surface area contributed by atoms with Gasteiger partial charge in [0.05, 0.1) is 12.9 Å². The van der Waals surface area contributed by atoms with Gasteiger partial charge in [-0.25, -0.2) is 28.4 Å². The van der Waals surface area contributed by atoms with Crippen molar-refractivity contribution >= 4 is 59.4 Å². The van der Waals surface area contributed by atoms with Crippen LogP contribution >= 0.6 is 34.9 Å². The Labute approximate surface area is 190 Å². The van der Waals surface area contributed by atoms with Crippen molar-refractivity contribution in [3.63, 3.8) is 0 Å². The molecular weight excluding hydrogens is 530 g/mol. The van der Waals surface area contributed by atoms with Gasteiger partial charge in [-0.1, -0.05) is 11.8 Å². The maximum Gasteiger partial charge on any atom is 0.487 e. The van der Waals surface area contributed by atoms with Gasteiger partial charge in [-0.3, -0.25) is 9.13 Å². The Balaban J connectivity index is 1.73. The van der Waals surface area contributed by atoms with E-state index in [9.17, 15) is 28.8 Å². The second kappa shape index (κ2) is 9.62. The Hall–Kier alpha value is -0.905. The van der Waals surface area contributed by atoms with Crippen LogP contribution in [0.25, 0.3) is 11.2 Å². The number of hydrogen-bond acceptors (Lipinski definition) is 14. The number of aliphatic hydroxyl groups excluding tert-OH is 2. The summed E-state index contributed by atoms with van der Waals surface area (Å²) in [5.41, 5.74) is 6.24. The molecule has 2 radical (unpaired) electrons. The van der Waals surface area contributed by atoms with Gasteiger partial charge in [0.2, 0.25) is 7.57 Å². The van der Waals surface area contributed by atoms with Gasteiger partial charge in [0.15, 0.2) is 22.8 Å². The van der Waals surface area contributed by atoms with Gasteiger partial charge in [-0.05, 0) is 6.26 Å². The van der Waals surface area contributed by atoms with Crippen LogP contribution in [0.15, 0.2) is 11.5 Å². The lowest BCUT2D eigenvalue weighted by atomic mass is 10.1. The number of imidazole rings is 1. The molecular formula is C11H17BN5O12P3S. The molecule has 1 aliphatic heterocycles. The number of anilines is 1. The number of aromatic nitrogens is 4. The molecule has 3 heterocycles. The van der Waals surface area contributed by atoms with E-state index in [-0.39, 0.29) is 17.0 Å². The second-order valence-electron chi connectivity index (χ2n) is 6.42. The molecule has 0 aliphatic carbocycles. The molecule has 17 nitrogen and oxygen atoms in total. The summed E-state index contributed by atoms with van der Waals surface area (Å²) in [4.78, 5) is 38.7. The highest BCUT2D eigenvalue weighted by Crippen LogP contribution is 2.66. The quantitative estimate of drug-likeness (QED) is 0.0978. The first-order chi connectivity index (χ1) is 15.1. The Kier molecular flexibility index (Phi) is 7.79. The van der Waals surface area contributed by atoms with Crippen molar-refractivity contribution in [2.45, 2.75) is 29.7 Å². The summed E-state index contributed by atoms with van der Waals surface area (Å²) < 4.78 is 53.2. The summed E-state index contributed by atoms with van der Waals surface area (Å²) in [5, 5.41) is 21.0. The summed E-state index contributed by atoms with van der Waals surface area (Å²) in [6.07, 6.45) is -2.89. The van der Waals surface area contributed by atoms with E-state index < -0.39 is 54.3 Å². The Morgan fingerprint density at radius 3 is 2.48 bits per heavy atom. The molecule has 3 rings (SSSR count). The van der Waals surface area contributed by atoms with Gasteiger partial charge >= 0.3 is 15.6 Å². The van der Waals surface area contributed by atoms with Crippen molar-refractivity contribution in [3.8, 4) is 0 Å². The molecule has 1 aliphatic rings. The fraction of sp³-hybridized carbons (Fsp3) is 0.545. The summed E-state index contributed by atoms with van der Waals surface area (Å²) in [7, 11) is -10.9. The Bertz CT molecular complexity index is 1180. The van der Waals surface area contributed by atoms with Gasteiger partial charge in [-0.2, -0.15) is 4.31 Å². The third-order valence-electron chi connectivity index (χ3n) is 4.07. The fourth-order valence-corrected chi connectivity index (χ4v) is 6.31. The first-order valence-corrected chi connectivity index (χ1v) is 14.4. The third kappa shape index (κ3) is 6.41. The fourth-order valence-electron chi connectivity index (χ4n) is 2.79. The van der Waals surface area contributed by atoms with Crippen molar-refractivity contribution in [2.75, 3.05) is 18.6 Å². The van der Waals surface area contributed by atoms with Crippen LogP contribution in [0.3, 0.4) is 0 Å². The third-order valence-corrected chi connectivity index (χ3v) is 8.54. The van der Waals surface area contributed by atoms with Crippen molar-refractivity contribution in [3.05, 3.63) is 6.33 Å². The van der Waals surface area contributed by atoms with Gasteiger partial charge in [0, 0.05) is 0 Å². The molecule has 33 heavy (non-hydrogen) atoms. The van der Waals surface area contributed by atoms with Crippen LogP contribution in [-0.2, 0) is 31.6 Å². The molecule has 7 N–H and O–H groups in total. The predicted octanol–water partition coefficient (Wildman–Crippen LogP) is -0.731. The standard InChI is InChI=1S/C11H17BN5O12P3S/c1-33-11-15-8(13)5-9(16-11)17(3-14-5)10-7(19)6(18)4(27-10)2-26-30(12,20)28-32(24,25)29-31(21,22)23/h3-4,6-7,10,18-19H,2H2,1H3,(H,24,25)(H2,13,15,16)(H2,21,22,23)/t4-,6-,7-,10-,30?/m1/s1. The number of rotatable bonds is 9. The van der Waals surface area contributed by atoms with E-state index in [0.717, 1.165) is 0 Å². The molecule has 6 atom stereocenters. The number of aliphatic hydroxyl groups is 2. The van der Waals surface area contributed by atoms with Crippen LogP contribution < -0.4 is 5.73 Å². The molecule has 1 saturated heterocycles. The molecule has 2 aromatic heterocycles. The minimum atomic E-state index is -5.59. The van der Waals surface area contributed by atoms with Crippen LogP contribution in [0.4, 0.5) is 5.82 Å². The molecule has 0 saturated carbocycles. The van der Waals surface area contributed by atoms with Crippen LogP contribution in [-0.4, -0.2) is 83.2 Å². The largest absolute Gasteiger partial charge is 0.487 e. The number of hydrogen-bond donors (Lipinski definition) is 6. The maximum atomic E-state index is 12.1. The second-order valence-corrected chi connectivity index (χ2v) is 11.8.